The van der Waals surface area contributed by atoms with Crippen molar-refractivity contribution in [3.63, 3.8) is 0 Å². The molecule has 4 rings (SSSR count). The molecule has 4 heterocycles. The van der Waals surface area contributed by atoms with Crippen molar-refractivity contribution in [1.29, 1.82) is 0 Å². The zero-order chi connectivity index (χ0) is 19.7. The molecule has 0 aliphatic carbocycles. The Bertz CT molecular complexity index is 1170. The fourth-order valence-electron chi connectivity index (χ4n) is 3.00. The number of carbonyl (C=O) groups is 1. The van der Waals surface area contributed by atoms with Crippen LogP contribution >= 0.6 is 0 Å². The van der Waals surface area contributed by atoms with Crippen molar-refractivity contribution < 1.29 is 19.4 Å². The lowest BCUT2D eigenvalue weighted by atomic mass is 10.1. The van der Waals surface area contributed by atoms with Crippen molar-refractivity contribution in [2.45, 2.75) is 6.92 Å². The topological polar surface area (TPSA) is 105 Å². The molecule has 0 amide bonds. The van der Waals surface area contributed by atoms with Gasteiger partial charge in [0.25, 0.3) is 0 Å². The average molecular weight is 382 g/mol. The van der Waals surface area contributed by atoms with Crippen LogP contribution < -0.4 is 10.3 Å². The van der Waals surface area contributed by atoms with Crippen LogP contribution in [0, 0.1) is 0 Å². The van der Waals surface area contributed by atoms with Gasteiger partial charge in [-0.05, 0) is 19.1 Å². The number of anilines is 1. The lowest BCUT2D eigenvalue weighted by Gasteiger charge is -2.07. The lowest BCUT2D eigenvalue weighted by Crippen LogP contribution is -2.08. The number of nitrogens with zero attached hydrogens (tertiary/aromatic N) is 5. The smallest absolute Gasteiger partial charge is 0.343 e. The Hall–Kier alpha value is -3.66. The minimum atomic E-state index is -0.476. The van der Waals surface area contributed by atoms with E-state index in [9.17, 15) is 4.79 Å². The highest BCUT2D eigenvalue weighted by Crippen LogP contribution is 2.30. The van der Waals surface area contributed by atoms with Crippen molar-refractivity contribution >= 4 is 28.5 Å². The van der Waals surface area contributed by atoms with E-state index in [1.807, 2.05) is 18.2 Å². The number of aromatic nitrogens is 5. The van der Waals surface area contributed by atoms with Gasteiger partial charge >= 0.3 is 5.97 Å². The molecular formula is C18H18N6O4. The zero-order valence-corrected chi connectivity index (χ0v) is 15.5. The first-order chi connectivity index (χ1) is 13.7. The molecule has 0 bridgehead atoms. The van der Waals surface area contributed by atoms with Crippen LogP contribution in [0.25, 0.3) is 27.9 Å². The average Bonchev–Trinajstić information content (AvgIpc) is 3.30. The zero-order valence-electron chi connectivity index (χ0n) is 15.5. The van der Waals surface area contributed by atoms with E-state index in [-0.39, 0.29) is 12.2 Å². The molecule has 4 aromatic rings. The highest BCUT2D eigenvalue weighted by Gasteiger charge is 2.20. The third-order valence-corrected chi connectivity index (χ3v) is 4.19. The van der Waals surface area contributed by atoms with Crippen LogP contribution in [0.5, 0.6) is 0 Å². The molecule has 0 aliphatic rings. The maximum Gasteiger partial charge on any atom is 0.343 e. The molecule has 10 heteroatoms. The van der Waals surface area contributed by atoms with Gasteiger partial charge < -0.3 is 10.1 Å². The molecule has 144 valence electrons. The van der Waals surface area contributed by atoms with E-state index in [2.05, 4.69) is 20.4 Å². The number of fused-ring (bicyclic) bond motifs is 2. The molecule has 0 spiro atoms. The van der Waals surface area contributed by atoms with Crippen LogP contribution in [0.15, 0.2) is 36.8 Å². The second kappa shape index (κ2) is 7.16. The summed E-state index contributed by atoms with van der Waals surface area (Å²) < 4.78 is 8.09. The normalized spacial score (nSPS) is 11.1. The van der Waals surface area contributed by atoms with Crippen molar-refractivity contribution in [3.05, 3.63) is 42.4 Å². The van der Waals surface area contributed by atoms with Gasteiger partial charge in [-0.2, -0.15) is 14.5 Å². The Morgan fingerprint density at radius 2 is 2.18 bits per heavy atom. The molecule has 0 unspecified atom stereocenters. The van der Waals surface area contributed by atoms with E-state index in [0.29, 0.717) is 22.8 Å². The molecular weight excluding hydrogens is 364 g/mol. The second-order valence-corrected chi connectivity index (χ2v) is 5.78. The summed E-state index contributed by atoms with van der Waals surface area (Å²) >= 11 is 0. The molecule has 4 aromatic heterocycles. The van der Waals surface area contributed by atoms with Crippen molar-refractivity contribution in [1.82, 2.24) is 24.3 Å². The summed E-state index contributed by atoms with van der Waals surface area (Å²) in [7, 11) is 3.18. The van der Waals surface area contributed by atoms with Crippen molar-refractivity contribution in [2.75, 3.05) is 26.1 Å². The number of rotatable bonds is 6. The molecule has 0 fully saturated rings. The molecule has 0 saturated carbocycles. The number of carbonyl (C=O) groups excluding carboxylic acids is 1. The maximum absolute atomic E-state index is 12.3. The van der Waals surface area contributed by atoms with Gasteiger partial charge in [0.05, 0.1) is 31.8 Å². The van der Waals surface area contributed by atoms with E-state index in [1.54, 1.807) is 30.9 Å². The molecule has 1 N–H and O–H groups in total. The van der Waals surface area contributed by atoms with Gasteiger partial charge in [-0.25, -0.2) is 19.8 Å². The molecule has 0 atom stereocenters. The predicted octanol–water partition coefficient (Wildman–Crippen LogP) is 1.95. The van der Waals surface area contributed by atoms with Crippen LogP contribution in [0.3, 0.4) is 0 Å². The maximum atomic E-state index is 12.3. The molecule has 0 aromatic carbocycles. The Labute approximate surface area is 159 Å². The third kappa shape index (κ3) is 2.79. The summed E-state index contributed by atoms with van der Waals surface area (Å²) in [5, 5.41) is 8.14. The highest BCUT2D eigenvalue weighted by molar-refractivity contribution is 5.97. The van der Waals surface area contributed by atoms with Crippen molar-refractivity contribution in [3.8, 4) is 11.3 Å². The summed E-state index contributed by atoms with van der Waals surface area (Å²) in [4.78, 5) is 31.2. The number of nitrogens with one attached hydrogen (secondary N) is 1. The van der Waals surface area contributed by atoms with Gasteiger partial charge in [0.15, 0.2) is 11.3 Å². The van der Waals surface area contributed by atoms with Crippen LogP contribution in [-0.4, -0.2) is 51.0 Å². The van der Waals surface area contributed by atoms with Crippen LogP contribution in [-0.2, 0) is 9.62 Å². The molecule has 0 saturated heterocycles. The van der Waals surface area contributed by atoms with E-state index in [1.165, 1.54) is 18.0 Å². The first-order valence-corrected chi connectivity index (χ1v) is 8.59. The molecule has 10 nitrogen and oxygen atoms in total. The number of pyridine rings is 1. The molecule has 28 heavy (non-hydrogen) atoms. The van der Waals surface area contributed by atoms with E-state index < -0.39 is 5.97 Å². The van der Waals surface area contributed by atoms with Gasteiger partial charge in [0.1, 0.15) is 11.4 Å². The van der Waals surface area contributed by atoms with Gasteiger partial charge in [-0.15, -0.1) is 4.73 Å². The van der Waals surface area contributed by atoms with Gasteiger partial charge in [-0.1, -0.05) is 0 Å². The second-order valence-electron chi connectivity index (χ2n) is 5.78. The number of esters is 1. The summed E-state index contributed by atoms with van der Waals surface area (Å²) in [6.07, 6.45) is 4.83. The van der Waals surface area contributed by atoms with Gasteiger partial charge in [0.2, 0.25) is 0 Å². The Morgan fingerprint density at radius 3 is 2.93 bits per heavy atom. The Kier molecular flexibility index (Phi) is 4.53. The van der Waals surface area contributed by atoms with Crippen molar-refractivity contribution in [2.24, 2.45) is 0 Å². The fraction of sp³-hybridized carbons (Fsp3) is 0.222. The minimum Gasteiger partial charge on any atom is -0.462 e. The van der Waals surface area contributed by atoms with Crippen LogP contribution in [0.2, 0.25) is 0 Å². The van der Waals surface area contributed by atoms with E-state index in [0.717, 1.165) is 10.9 Å². The quantitative estimate of drug-likeness (QED) is 0.307. The number of hydrogen-bond donors (Lipinski definition) is 1. The molecule has 0 radical (unpaired) electrons. The monoisotopic (exact) mass is 382 g/mol. The number of hydrogen-bond acceptors (Lipinski definition) is 8. The Balaban J connectivity index is 1.95. The minimum absolute atomic E-state index is 0.266. The summed E-state index contributed by atoms with van der Waals surface area (Å²) in [5.74, 6) is 0.184. The standard InChI is InChI=1S/C18H18N6O4/c1-4-27-18(25)12-9-21-24-15(19-2)8-14(22-17(12)24)13-10-23(28-26-3)16-11(13)6-5-7-20-16/h5-10,19H,4H2,1-3H3. The van der Waals surface area contributed by atoms with E-state index in [4.69, 9.17) is 14.6 Å². The summed E-state index contributed by atoms with van der Waals surface area (Å²) in [6.45, 7) is 2.02. The van der Waals surface area contributed by atoms with Crippen LogP contribution in [0.4, 0.5) is 5.82 Å². The molecule has 0 aliphatic heterocycles. The van der Waals surface area contributed by atoms with E-state index >= 15 is 0 Å². The number of ether oxygens (including phenoxy) is 1. The Morgan fingerprint density at radius 1 is 1.32 bits per heavy atom. The summed E-state index contributed by atoms with van der Waals surface area (Å²) in [6, 6.07) is 5.55. The summed E-state index contributed by atoms with van der Waals surface area (Å²) in [5.41, 5.74) is 2.62. The third-order valence-electron chi connectivity index (χ3n) is 4.19. The van der Waals surface area contributed by atoms with Gasteiger partial charge in [-0.3, -0.25) is 0 Å². The van der Waals surface area contributed by atoms with Gasteiger partial charge in [0, 0.05) is 30.3 Å². The first-order valence-electron chi connectivity index (χ1n) is 8.59. The first kappa shape index (κ1) is 17.7. The fourth-order valence-corrected chi connectivity index (χ4v) is 3.00. The SMILES string of the molecule is CCOC(=O)c1cnn2c(NC)cc(-c3cn(OOC)c4ncccc34)nc12. The predicted molar refractivity (Wildman–Crippen MR) is 101 cm³/mol. The van der Waals surface area contributed by atoms with Crippen LogP contribution in [0.1, 0.15) is 17.3 Å². The largest absolute Gasteiger partial charge is 0.462 e. The lowest BCUT2D eigenvalue weighted by molar-refractivity contribution is -0.268. The highest BCUT2D eigenvalue weighted by atomic mass is 17.3.